The number of rotatable bonds is 6. The smallest absolute Gasteiger partial charge is 0.222 e. The largest absolute Gasteiger partial charge is 0.341 e. The zero-order valence-corrected chi connectivity index (χ0v) is 16.3. The topological polar surface area (TPSA) is 69.7 Å². The first-order valence-corrected chi connectivity index (χ1v) is 11.2. The number of amides is 1. The van der Waals surface area contributed by atoms with Crippen LogP contribution in [0.4, 0.5) is 0 Å². The molecule has 0 radical (unpaired) electrons. The molecule has 1 unspecified atom stereocenters. The fourth-order valence-electron chi connectivity index (χ4n) is 3.75. The third kappa shape index (κ3) is 4.64. The molecular formula is C19H29N3O3S. The Morgan fingerprint density at radius 2 is 1.85 bits per heavy atom. The van der Waals surface area contributed by atoms with Crippen LogP contribution in [0.15, 0.2) is 29.2 Å². The summed E-state index contributed by atoms with van der Waals surface area (Å²) in [7, 11) is -3.16. The first-order chi connectivity index (χ1) is 12.5. The SMILES string of the molecule is CCS(=O)(=O)c1ccc(CCC(=O)N2CCC(N3CCNCC3)C2)cc1. The van der Waals surface area contributed by atoms with Gasteiger partial charge in [-0.2, -0.15) is 0 Å². The van der Waals surface area contributed by atoms with E-state index in [2.05, 4.69) is 10.2 Å². The fraction of sp³-hybridized carbons (Fsp3) is 0.632. The molecule has 26 heavy (non-hydrogen) atoms. The van der Waals surface area contributed by atoms with E-state index >= 15 is 0 Å². The summed E-state index contributed by atoms with van der Waals surface area (Å²) >= 11 is 0. The van der Waals surface area contributed by atoms with Crippen LogP contribution in [0.5, 0.6) is 0 Å². The zero-order chi connectivity index (χ0) is 18.6. The number of sulfone groups is 1. The van der Waals surface area contributed by atoms with Crippen molar-refractivity contribution in [3.63, 3.8) is 0 Å². The molecule has 2 saturated heterocycles. The molecule has 2 aliphatic heterocycles. The number of nitrogens with zero attached hydrogens (tertiary/aromatic N) is 2. The first-order valence-electron chi connectivity index (χ1n) is 9.54. The number of nitrogens with one attached hydrogen (secondary N) is 1. The highest BCUT2D eigenvalue weighted by atomic mass is 32.2. The second-order valence-electron chi connectivity index (χ2n) is 7.12. The number of likely N-dealkylation sites (tertiary alicyclic amines) is 1. The molecule has 1 aromatic carbocycles. The Morgan fingerprint density at radius 1 is 1.15 bits per heavy atom. The minimum Gasteiger partial charge on any atom is -0.341 e. The number of hydrogen-bond donors (Lipinski definition) is 1. The zero-order valence-electron chi connectivity index (χ0n) is 15.5. The lowest BCUT2D eigenvalue weighted by atomic mass is 10.1. The van der Waals surface area contributed by atoms with Crippen molar-refractivity contribution in [3.05, 3.63) is 29.8 Å². The Labute approximate surface area is 156 Å². The standard InChI is InChI=1S/C19H29N3O3S/c1-2-26(24,25)18-6-3-16(4-7-18)5-8-19(23)22-12-9-17(15-22)21-13-10-20-11-14-21/h3-4,6-7,17,20H,2,5,8-15H2,1H3. The summed E-state index contributed by atoms with van der Waals surface area (Å²) in [5.74, 6) is 0.307. The summed E-state index contributed by atoms with van der Waals surface area (Å²) in [6.45, 7) is 7.54. The van der Waals surface area contributed by atoms with Gasteiger partial charge in [-0.3, -0.25) is 9.69 Å². The molecule has 144 valence electrons. The van der Waals surface area contributed by atoms with Crippen molar-refractivity contribution in [1.82, 2.24) is 15.1 Å². The average molecular weight is 380 g/mol. The third-order valence-electron chi connectivity index (χ3n) is 5.47. The van der Waals surface area contributed by atoms with Crippen LogP contribution in [-0.4, -0.2) is 75.2 Å². The van der Waals surface area contributed by atoms with Crippen molar-refractivity contribution in [1.29, 1.82) is 0 Å². The van der Waals surface area contributed by atoms with Crippen LogP contribution < -0.4 is 5.32 Å². The molecule has 0 aliphatic carbocycles. The number of aryl methyl sites for hydroxylation is 1. The number of benzene rings is 1. The van der Waals surface area contributed by atoms with E-state index in [9.17, 15) is 13.2 Å². The van der Waals surface area contributed by atoms with Crippen molar-refractivity contribution >= 4 is 15.7 Å². The molecule has 0 saturated carbocycles. The summed E-state index contributed by atoms with van der Waals surface area (Å²) in [5, 5.41) is 3.37. The minimum absolute atomic E-state index is 0.105. The quantitative estimate of drug-likeness (QED) is 0.796. The molecule has 2 heterocycles. The van der Waals surface area contributed by atoms with Crippen LogP contribution in [0.3, 0.4) is 0 Å². The molecule has 0 aromatic heterocycles. The second kappa shape index (κ2) is 8.50. The average Bonchev–Trinajstić information content (AvgIpc) is 3.17. The van der Waals surface area contributed by atoms with Gasteiger partial charge in [0.1, 0.15) is 0 Å². The lowest BCUT2D eigenvalue weighted by molar-refractivity contribution is -0.130. The molecule has 1 N–H and O–H groups in total. The summed E-state index contributed by atoms with van der Waals surface area (Å²) < 4.78 is 23.7. The van der Waals surface area contributed by atoms with Crippen LogP contribution in [0.2, 0.25) is 0 Å². The predicted molar refractivity (Wildman–Crippen MR) is 102 cm³/mol. The maximum absolute atomic E-state index is 12.5. The van der Waals surface area contributed by atoms with Gasteiger partial charge in [-0.25, -0.2) is 8.42 Å². The van der Waals surface area contributed by atoms with E-state index in [1.165, 1.54) is 0 Å². The van der Waals surface area contributed by atoms with Crippen LogP contribution in [0.25, 0.3) is 0 Å². The molecule has 1 atom stereocenters. The summed E-state index contributed by atoms with van der Waals surface area (Å²) in [5.41, 5.74) is 1.01. The van der Waals surface area contributed by atoms with Crippen LogP contribution >= 0.6 is 0 Å². The molecule has 7 heteroatoms. The molecular weight excluding hydrogens is 350 g/mol. The van der Waals surface area contributed by atoms with Crippen molar-refractivity contribution in [2.45, 2.75) is 37.1 Å². The Kier molecular flexibility index (Phi) is 6.32. The molecule has 0 bridgehead atoms. The van der Waals surface area contributed by atoms with Gasteiger partial charge in [-0.15, -0.1) is 0 Å². The van der Waals surface area contributed by atoms with E-state index in [-0.39, 0.29) is 11.7 Å². The highest BCUT2D eigenvalue weighted by Crippen LogP contribution is 2.18. The Bertz CT molecular complexity index is 712. The van der Waals surface area contributed by atoms with Gasteiger partial charge in [0, 0.05) is 51.7 Å². The second-order valence-corrected chi connectivity index (χ2v) is 9.39. The van der Waals surface area contributed by atoms with E-state index in [0.29, 0.717) is 23.8 Å². The highest BCUT2D eigenvalue weighted by Gasteiger charge is 2.30. The Morgan fingerprint density at radius 3 is 2.50 bits per heavy atom. The van der Waals surface area contributed by atoms with Gasteiger partial charge in [0.05, 0.1) is 10.6 Å². The predicted octanol–water partition coefficient (Wildman–Crippen LogP) is 0.919. The molecule has 6 nitrogen and oxygen atoms in total. The van der Waals surface area contributed by atoms with Crippen molar-refractivity contribution in [2.75, 3.05) is 45.0 Å². The van der Waals surface area contributed by atoms with Gasteiger partial charge in [0.2, 0.25) is 5.91 Å². The normalized spacial score (nSPS) is 21.9. The van der Waals surface area contributed by atoms with Crippen LogP contribution in [0, 0.1) is 0 Å². The van der Waals surface area contributed by atoms with Gasteiger partial charge in [-0.1, -0.05) is 19.1 Å². The number of piperazine rings is 1. The molecule has 2 fully saturated rings. The Balaban J connectivity index is 1.48. The number of carbonyl (C=O) groups excluding carboxylic acids is 1. The van der Waals surface area contributed by atoms with Crippen molar-refractivity contribution < 1.29 is 13.2 Å². The highest BCUT2D eigenvalue weighted by molar-refractivity contribution is 7.91. The van der Waals surface area contributed by atoms with E-state index < -0.39 is 9.84 Å². The van der Waals surface area contributed by atoms with Crippen LogP contribution in [0.1, 0.15) is 25.3 Å². The summed E-state index contributed by atoms with van der Waals surface area (Å²) in [4.78, 5) is 17.4. The number of hydrogen-bond acceptors (Lipinski definition) is 5. The minimum atomic E-state index is -3.16. The summed E-state index contributed by atoms with van der Waals surface area (Å²) in [6, 6.07) is 7.44. The van der Waals surface area contributed by atoms with Crippen LogP contribution in [-0.2, 0) is 21.1 Å². The maximum atomic E-state index is 12.5. The van der Waals surface area contributed by atoms with Crippen molar-refractivity contribution in [2.24, 2.45) is 0 Å². The molecule has 3 rings (SSSR count). The third-order valence-corrected chi connectivity index (χ3v) is 7.22. The monoisotopic (exact) mass is 379 g/mol. The van der Waals surface area contributed by atoms with Gasteiger partial charge in [-0.05, 0) is 30.5 Å². The van der Waals surface area contributed by atoms with Gasteiger partial charge in [0.15, 0.2) is 9.84 Å². The van der Waals surface area contributed by atoms with E-state index in [1.807, 2.05) is 17.0 Å². The molecule has 2 aliphatic rings. The van der Waals surface area contributed by atoms with Gasteiger partial charge >= 0.3 is 0 Å². The van der Waals surface area contributed by atoms with Gasteiger partial charge < -0.3 is 10.2 Å². The van der Waals surface area contributed by atoms with Gasteiger partial charge in [0.25, 0.3) is 0 Å². The van der Waals surface area contributed by atoms with E-state index in [0.717, 1.165) is 51.3 Å². The number of carbonyl (C=O) groups is 1. The fourth-order valence-corrected chi connectivity index (χ4v) is 4.64. The van der Waals surface area contributed by atoms with Crippen molar-refractivity contribution in [3.8, 4) is 0 Å². The summed E-state index contributed by atoms with van der Waals surface area (Å²) in [6.07, 6.45) is 2.20. The van der Waals surface area contributed by atoms with E-state index in [4.69, 9.17) is 0 Å². The molecule has 0 spiro atoms. The lowest BCUT2D eigenvalue weighted by Crippen LogP contribution is -2.49. The maximum Gasteiger partial charge on any atom is 0.222 e. The molecule has 1 amide bonds. The lowest BCUT2D eigenvalue weighted by Gasteiger charge is -2.32. The Hall–Kier alpha value is -1.44. The molecule has 1 aromatic rings. The van der Waals surface area contributed by atoms with E-state index in [1.54, 1.807) is 19.1 Å². The first kappa shape index (κ1) is 19.3.